The predicted molar refractivity (Wildman–Crippen MR) is 127 cm³/mol. The Morgan fingerprint density at radius 3 is 2.62 bits per heavy atom. The number of nitrogens with one attached hydrogen (secondary N) is 3. The molecule has 3 N–H and O–H groups in total. The number of urea groups is 1. The van der Waals surface area contributed by atoms with E-state index in [0.29, 0.717) is 36.1 Å². The van der Waals surface area contributed by atoms with Gasteiger partial charge in [0.15, 0.2) is 0 Å². The molecule has 0 radical (unpaired) electrons. The van der Waals surface area contributed by atoms with E-state index < -0.39 is 59.2 Å². The van der Waals surface area contributed by atoms with Gasteiger partial charge in [0, 0.05) is 48.7 Å². The largest absolute Gasteiger partial charge is 0.573 e. The third-order valence-corrected chi connectivity index (χ3v) is 7.05. The van der Waals surface area contributed by atoms with Gasteiger partial charge < -0.3 is 25.0 Å². The number of benzene rings is 2. The number of rotatable bonds is 5. The maximum absolute atomic E-state index is 15.4. The van der Waals surface area contributed by atoms with Gasteiger partial charge in [0.25, 0.3) is 0 Å². The highest BCUT2D eigenvalue weighted by Gasteiger charge is 2.42. The zero-order valence-corrected chi connectivity index (χ0v) is 20.5. The van der Waals surface area contributed by atoms with Crippen LogP contribution in [0, 0.1) is 11.6 Å². The molecule has 14 heteroatoms. The van der Waals surface area contributed by atoms with Crippen molar-refractivity contribution in [2.75, 3.05) is 23.4 Å². The maximum atomic E-state index is 15.4. The second-order valence-electron chi connectivity index (χ2n) is 9.49. The molecule has 0 aromatic heterocycles. The summed E-state index contributed by atoms with van der Waals surface area (Å²) in [6.07, 6.45) is -4.29. The number of piperidine rings is 1. The van der Waals surface area contributed by atoms with Crippen LogP contribution in [0.15, 0.2) is 24.3 Å². The quantitative estimate of drug-likeness (QED) is 0.384. The fourth-order valence-electron chi connectivity index (χ4n) is 5.13. The van der Waals surface area contributed by atoms with Gasteiger partial charge in [-0.1, -0.05) is 0 Å². The van der Waals surface area contributed by atoms with Gasteiger partial charge in [-0.05, 0) is 25.5 Å². The van der Waals surface area contributed by atoms with Crippen LogP contribution < -0.4 is 30.3 Å². The third kappa shape index (κ3) is 5.27. The first-order chi connectivity index (χ1) is 18.4. The van der Waals surface area contributed by atoms with E-state index in [1.54, 1.807) is 11.8 Å². The molecule has 208 valence electrons. The normalized spacial score (nSPS) is 22.4. The minimum absolute atomic E-state index is 0.106. The first-order valence-corrected chi connectivity index (χ1v) is 12.1. The number of hydrogen-bond donors (Lipinski definition) is 3. The SMILES string of the molecule is C[C@H]1[C@H](NC(=O)Nc2cc(OC(F)(F)F)ccc2F)CN1c1cc(F)c(C2CCC(=O)NC2=O)c2c1OCC2. The zero-order chi connectivity index (χ0) is 28.1. The number of ether oxygens (including phenoxy) is 2. The molecule has 2 aromatic rings. The highest BCUT2D eigenvalue weighted by molar-refractivity contribution is 6.01. The van der Waals surface area contributed by atoms with Gasteiger partial charge in [0.1, 0.15) is 23.1 Å². The summed E-state index contributed by atoms with van der Waals surface area (Å²) in [5.41, 5.74) is 0.731. The standard InChI is InChI=1S/C25H23F5N4O5/c1-11-18(32-24(37)31-17-8-12(2-4-15(17)26)39-25(28,29)30)10-34(11)19-9-16(27)21(13-6-7-38-22(13)19)14-3-5-20(35)33-23(14)36/h2,4,8-9,11,14,18H,3,5-7,10H2,1H3,(H2,31,32,37)(H,33,35,36)/t11-,14?,18+/m0/s1. The van der Waals surface area contributed by atoms with Gasteiger partial charge in [0.2, 0.25) is 11.8 Å². The van der Waals surface area contributed by atoms with Gasteiger partial charge in [0.05, 0.1) is 29.9 Å². The molecule has 4 amide bonds. The highest BCUT2D eigenvalue weighted by Crippen LogP contribution is 2.46. The fraction of sp³-hybridized carbons (Fsp3) is 0.400. The van der Waals surface area contributed by atoms with Crippen LogP contribution in [0.5, 0.6) is 11.5 Å². The molecule has 0 saturated carbocycles. The molecular formula is C25H23F5N4O5. The minimum atomic E-state index is -4.98. The molecule has 2 fully saturated rings. The number of halogens is 5. The smallest absolute Gasteiger partial charge is 0.491 e. The van der Waals surface area contributed by atoms with E-state index in [2.05, 4.69) is 20.7 Å². The lowest BCUT2D eigenvalue weighted by molar-refractivity contribution is -0.274. The summed E-state index contributed by atoms with van der Waals surface area (Å²) in [5, 5.41) is 7.05. The van der Waals surface area contributed by atoms with Crippen molar-refractivity contribution in [1.29, 1.82) is 0 Å². The van der Waals surface area contributed by atoms with Crippen LogP contribution in [0.2, 0.25) is 0 Å². The average molecular weight is 554 g/mol. The molecule has 1 unspecified atom stereocenters. The number of anilines is 2. The van der Waals surface area contributed by atoms with Gasteiger partial charge in [-0.15, -0.1) is 13.2 Å². The topological polar surface area (TPSA) is 109 Å². The molecule has 3 aliphatic rings. The second-order valence-corrected chi connectivity index (χ2v) is 9.49. The summed E-state index contributed by atoms with van der Waals surface area (Å²) < 4.78 is 76.3. The molecule has 0 aliphatic carbocycles. The number of fused-ring (bicyclic) bond motifs is 1. The van der Waals surface area contributed by atoms with Gasteiger partial charge >= 0.3 is 12.4 Å². The minimum Gasteiger partial charge on any atom is -0.491 e. The molecule has 5 rings (SSSR count). The summed E-state index contributed by atoms with van der Waals surface area (Å²) in [4.78, 5) is 38.2. The van der Waals surface area contributed by atoms with Crippen LogP contribution >= 0.6 is 0 Å². The van der Waals surface area contributed by atoms with E-state index >= 15 is 4.39 Å². The van der Waals surface area contributed by atoms with Gasteiger partial charge in [-0.3, -0.25) is 14.9 Å². The van der Waals surface area contributed by atoms with E-state index in [9.17, 15) is 31.9 Å². The van der Waals surface area contributed by atoms with Crippen molar-refractivity contribution in [2.24, 2.45) is 0 Å². The molecule has 2 saturated heterocycles. The molecule has 9 nitrogen and oxygen atoms in total. The van der Waals surface area contributed by atoms with Crippen LogP contribution in [0.1, 0.15) is 36.8 Å². The summed E-state index contributed by atoms with van der Waals surface area (Å²) in [6.45, 7) is 2.29. The Morgan fingerprint density at radius 2 is 1.92 bits per heavy atom. The molecule has 0 spiro atoms. The number of hydrogen-bond acceptors (Lipinski definition) is 6. The number of nitrogens with zero attached hydrogens (tertiary/aromatic N) is 1. The van der Waals surface area contributed by atoms with Crippen molar-refractivity contribution < 1.29 is 45.8 Å². The van der Waals surface area contributed by atoms with E-state index in [1.165, 1.54) is 6.07 Å². The maximum Gasteiger partial charge on any atom is 0.573 e. The van der Waals surface area contributed by atoms with Crippen molar-refractivity contribution in [3.63, 3.8) is 0 Å². The van der Waals surface area contributed by atoms with Crippen LogP contribution in [0.25, 0.3) is 0 Å². The highest BCUT2D eigenvalue weighted by atomic mass is 19.4. The Balaban J connectivity index is 1.27. The molecule has 39 heavy (non-hydrogen) atoms. The summed E-state index contributed by atoms with van der Waals surface area (Å²) in [5.74, 6) is -3.56. The van der Waals surface area contributed by atoms with Crippen molar-refractivity contribution in [3.05, 3.63) is 47.0 Å². The second kappa shape index (κ2) is 9.89. The summed E-state index contributed by atoms with van der Waals surface area (Å²) in [6, 6.07) is 1.84. The number of imide groups is 1. The molecule has 3 heterocycles. The van der Waals surface area contributed by atoms with Crippen molar-refractivity contribution in [3.8, 4) is 11.5 Å². The molecular weight excluding hydrogens is 531 g/mol. The van der Waals surface area contributed by atoms with Gasteiger partial charge in [-0.2, -0.15) is 0 Å². The van der Waals surface area contributed by atoms with Gasteiger partial charge in [-0.25, -0.2) is 13.6 Å². The number of carbonyl (C=O) groups excluding carboxylic acids is 3. The lowest BCUT2D eigenvalue weighted by Crippen LogP contribution is -2.66. The number of alkyl halides is 3. The molecule has 0 bridgehead atoms. The lowest BCUT2D eigenvalue weighted by atomic mass is 9.85. The summed E-state index contributed by atoms with van der Waals surface area (Å²) >= 11 is 0. The van der Waals surface area contributed by atoms with E-state index in [-0.39, 0.29) is 31.0 Å². The predicted octanol–water partition coefficient (Wildman–Crippen LogP) is 3.72. The number of carbonyl (C=O) groups is 3. The Labute approximate surface area is 218 Å². The lowest BCUT2D eigenvalue weighted by Gasteiger charge is -2.48. The van der Waals surface area contributed by atoms with E-state index in [4.69, 9.17) is 4.74 Å². The first kappa shape index (κ1) is 26.5. The Hall–Kier alpha value is -4.10. The van der Waals surface area contributed by atoms with E-state index in [1.807, 2.05) is 0 Å². The summed E-state index contributed by atoms with van der Waals surface area (Å²) in [7, 11) is 0. The van der Waals surface area contributed by atoms with Crippen LogP contribution in [-0.2, 0) is 16.0 Å². The Bertz CT molecular complexity index is 1350. The zero-order valence-electron chi connectivity index (χ0n) is 20.5. The van der Waals surface area contributed by atoms with Crippen molar-refractivity contribution in [2.45, 2.75) is 50.6 Å². The number of amides is 4. The average Bonchev–Trinajstić information content (AvgIpc) is 3.33. The Morgan fingerprint density at radius 1 is 1.15 bits per heavy atom. The van der Waals surface area contributed by atoms with Crippen molar-refractivity contribution >= 4 is 29.2 Å². The van der Waals surface area contributed by atoms with Crippen LogP contribution in [-0.4, -0.2) is 49.4 Å². The monoisotopic (exact) mass is 554 g/mol. The molecule has 2 aromatic carbocycles. The van der Waals surface area contributed by atoms with Crippen LogP contribution in [0.4, 0.5) is 38.1 Å². The van der Waals surface area contributed by atoms with Crippen LogP contribution in [0.3, 0.4) is 0 Å². The molecule has 3 aliphatic heterocycles. The fourth-order valence-corrected chi connectivity index (χ4v) is 5.13. The Kier molecular flexibility index (Phi) is 6.72. The third-order valence-electron chi connectivity index (χ3n) is 7.05. The van der Waals surface area contributed by atoms with Crippen molar-refractivity contribution in [1.82, 2.24) is 10.6 Å². The molecule has 3 atom stereocenters. The first-order valence-electron chi connectivity index (χ1n) is 12.1. The van der Waals surface area contributed by atoms with E-state index in [0.717, 1.165) is 12.1 Å².